The van der Waals surface area contributed by atoms with E-state index in [4.69, 9.17) is 32.7 Å². The van der Waals surface area contributed by atoms with Crippen LogP contribution in [-0.2, 0) is 20.7 Å². The Morgan fingerprint density at radius 1 is 1.07 bits per heavy atom. The van der Waals surface area contributed by atoms with E-state index in [9.17, 15) is 20.1 Å². The van der Waals surface area contributed by atoms with Crippen LogP contribution < -0.4 is 5.32 Å². The molecular weight excluding hydrogens is 409 g/mol. The smallest absolute Gasteiger partial charge is 0.312 e. The van der Waals surface area contributed by atoms with Gasteiger partial charge < -0.3 is 30.1 Å². The summed E-state index contributed by atoms with van der Waals surface area (Å²) in [5.41, 5.74) is 1.72. The monoisotopic (exact) mass is 427 g/mol. The zero-order chi connectivity index (χ0) is 20.3. The Morgan fingerprint density at radius 2 is 1.75 bits per heavy atom. The second kappa shape index (κ2) is 9.09. The van der Waals surface area contributed by atoms with E-state index in [1.54, 1.807) is 42.5 Å². The van der Waals surface area contributed by atoms with Crippen LogP contribution in [0.15, 0.2) is 42.5 Å². The third-order valence-electron chi connectivity index (χ3n) is 4.28. The van der Waals surface area contributed by atoms with Crippen LogP contribution in [0.25, 0.3) is 0 Å². The number of esters is 1. The highest BCUT2D eigenvalue weighted by molar-refractivity contribution is 6.39. The van der Waals surface area contributed by atoms with Crippen molar-refractivity contribution in [2.75, 3.05) is 11.9 Å². The average molecular weight is 428 g/mol. The van der Waals surface area contributed by atoms with Crippen molar-refractivity contribution in [3.05, 3.63) is 58.1 Å². The molecule has 7 nitrogen and oxygen atoms in total. The lowest BCUT2D eigenvalue weighted by Gasteiger charge is -2.34. The molecule has 1 aliphatic heterocycles. The van der Waals surface area contributed by atoms with E-state index < -0.39 is 30.6 Å². The largest absolute Gasteiger partial charge is 0.432 e. The van der Waals surface area contributed by atoms with Gasteiger partial charge in [0.1, 0.15) is 18.3 Å². The summed E-state index contributed by atoms with van der Waals surface area (Å²) in [6.07, 6.45) is -5.72. The van der Waals surface area contributed by atoms with Crippen molar-refractivity contribution in [2.24, 2.45) is 0 Å². The molecule has 2 aromatic carbocycles. The van der Waals surface area contributed by atoms with Crippen molar-refractivity contribution < 1.29 is 29.6 Å². The Labute approximate surface area is 171 Å². The number of para-hydroxylation sites is 2. The number of ether oxygens (including phenoxy) is 2. The third-order valence-corrected chi connectivity index (χ3v) is 4.91. The molecule has 1 heterocycles. The molecule has 9 heteroatoms. The minimum atomic E-state index is -1.54. The maximum absolute atomic E-state index is 12.3. The summed E-state index contributed by atoms with van der Waals surface area (Å²) in [5, 5.41) is 33.0. The number of carbonyl (C=O) groups is 1. The van der Waals surface area contributed by atoms with Gasteiger partial charge in [-0.25, -0.2) is 0 Å². The summed E-state index contributed by atoms with van der Waals surface area (Å²) in [6, 6.07) is 12.1. The second-order valence-corrected chi connectivity index (χ2v) is 7.11. The molecule has 0 aromatic heterocycles. The predicted octanol–water partition coefficient (Wildman–Crippen LogP) is 2.26. The summed E-state index contributed by atoms with van der Waals surface area (Å²) in [7, 11) is 0. The Morgan fingerprint density at radius 3 is 2.46 bits per heavy atom. The number of anilines is 2. The van der Waals surface area contributed by atoms with Crippen LogP contribution in [-0.4, -0.2) is 52.5 Å². The minimum absolute atomic E-state index is 0.128. The molecule has 2 aromatic rings. The maximum Gasteiger partial charge on any atom is 0.312 e. The number of benzene rings is 2. The zero-order valence-corrected chi connectivity index (χ0v) is 16.1. The van der Waals surface area contributed by atoms with E-state index in [0.29, 0.717) is 27.0 Å². The molecule has 0 saturated carbocycles. The summed E-state index contributed by atoms with van der Waals surface area (Å²) < 4.78 is 10.2. The number of aliphatic hydroxyl groups is 3. The first-order valence-corrected chi connectivity index (χ1v) is 9.26. The number of rotatable bonds is 5. The van der Waals surface area contributed by atoms with Gasteiger partial charge in [0.25, 0.3) is 0 Å². The number of nitrogens with one attached hydrogen (secondary N) is 1. The quantitative estimate of drug-likeness (QED) is 0.541. The fraction of sp³-hybridized carbons (Fsp3) is 0.316. The molecule has 1 saturated heterocycles. The van der Waals surface area contributed by atoms with E-state index in [0.717, 1.165) is 0 Å². The van der Waals surface area contributed by atoms with Crippen LogP contribution in [0.1, 0.15) is 5.56 Å². The van der Waals surface area contributed by atoms with Gasteiger partial charge in [-0.3, -0.25) is 4.79 Å². The molecule has 0 bridgehead atoms. The van der Waals surface area contributed by atoms with Gasteiger partial charge in [-0.05, 0) is 23.8 Å². The van der Waals surface area contributed by atoms with Gasteiger partial charge in [-0.2, -0.15) is 0 Å². The van der Waals surface area contributed by atoms with E-state index in [2.05, 4.69) is 5.32 Å². The molecule has 0 amide bonds. The molecule has 28 heavy (non-hydrogen) atoms. The number of aliphatic hydroxyl groups excluding tert-OH is 3. The van der Waals surface area contributed by atoms with Crippen molar-refractivity contribution in [1.82, 2.24) is 0 Å². The van der Waals surface area contributed by atoms with Crippen LogP contribution in [0, 0.1) is 0 Å². The molecular formula is C19H19Cl2NO6. The first kappa shape index (κ1) is 20.9. The average Bonchev–Trinajstić information content (AvgIpc) is 2.66. The molecule has 1 aliphatic rings. The molecule has 1 fully saturated rings. The highest BCUT2D eigenvalue weighted by Crippen LogP contribution is 2.33. The van der Waals surface area contributed by atoms with Crippen molar-refractivity contribution in [1.29, 1.82) is 0 Å². The van der Waals surface area contributed by atoms with E-state index in [1.807, 2.05) is 0 Å². The van der Waals surface area contributed by atoms with E-state index >= 15 is 0 Å². The van der Waals surface area contributed by atoms with Crippen LogP contribution in [0.2, 0.25) is 10.0 Å². The number of hydrogen-bond donors (Lipinski definition) is 4. The lowest BCUT2D eigenvalue weighted by molar-refractivity contribution is -0.262. The second-order valence-electron chi connectivity index (χ2n) is 6.30. The predicted molar refractivity (Wildman–Crippen MR) is 104 cm³/mol. The standard InChI is InChI=1S/C19H19Cl2NO6/c20-11-5-3-6-12(21)16(11)22-13-7-2-1-4-10(13)8-15(24)28-19-18(26)17(25)14(23)9-27-19/h1-7,14,17-19,22-23,25-26H,8-9H2/t14-,17+,18-,19?/m1/s1. The van der Waals surface area contributed by atoms with Crippen LogP contribution in [0.4, 0.5) is 11.4 Å². The van der Waals surface area contributed by atoms with Crippen molar-refractivity contribution in [3.8, 4) is 0 Å². The molecule has 0 spiro atoms. The fourth-order valence-corrected chi connectivity index (χ4v) is 3.25. The molecule has 1 unspecified atom stereocenters. The van der Waals surface area contributed by atoms with Gasteiger partial charge in [-0.1, -0.05) is 47.5 Å². The van der Waals surface area contributed by atoms with Gasteiger partial charge in [0.15, 0.2) is 0 Å². The summed E-state index contributed by atoms with van der Waals surface area (Å²) in [4.78, 5) is 12.3. The van der Waals surface area contributed by atoms with Gasteiger partial charge in [0, 0.05) is 5.69 Å². The first-order valence-electron chi connectivity index (χ1n) is 8.51. The number of carbonyl (C=O) groups excluding carboxylic acids is 1. The van der Waals surface area contributed by atoms with Gasteiger partial charge in [0.2, 0.25) is 6.29 Å². The van der Waals surface area contributed by atoms with Crippen molar-refractivity contribution in [3.63, 3.8) is 0 Å². The Bertz CT molecular complexity index is 829. The number of hydrogen-bond acceptors (Lipinski definition) is 7. The summed E-state index contributed by atoms with van der Waals surface area (Å²) >= 11 is 12.4. The van der Waals surface area contributed by atoms with E-state index in [-0.39, 0.29) is 13.0 Å². The van der Waals surface area contributed by atoms with Crippen LogP contribution in [0.5, 0.6) is 0 Å². The summed E-state index contributed by atoms with van der Waals surface area (Å²) in [5.74, 6) is -0.674. The minimum Gasteiger partial charge on any atom is -0.432 e. The zero-order valence-electron chi connectivity index (χ0n) is 14.6. The molecule has 4 N–H and O–H groups in total. The first-order chi connectivity index (χ1) is 13.4. The lowest BCUT2D eigenvalue weighted by Crippen LogP contribution is -2.54. The van der Waals surface area contributed by atoms with Crippen molar-refractivity contribution in [2.45, 2.75) is 31.0 Å². The molecule has 3 rings (SSSR count). The molecule has 0 radical (unpaired) electrons. The van der Waals surface area contributed by atoms with Crippen molar-refractivity contribution >= 4 is 40.5 Å². The highest BCUT2D eigenvalue weighted by Gasteiger charge is 2.39. The van der Waals surface area contributed by atoms with Gasteiger partial charge in [-0.15, -0.1) is 0 Å². The maximum atomic E-state index is 12.3. The SMILES string of the molecule is O=C(Cc1ccccc1Nc1c(Cl)cccc1Cl)OC1OC[C@@H](O)[C@H](O)[C@H]1O. The summed E-state index contributed by atoms with van der Waals surface area (Å²) in [6.45, 7) is -0.251. The van der Waals surface area contributed by atoms with Gasteiger partial charge >= 0.3 is 5.97 Å². The normalized spacial score (nSPS) is 24.6. The van der Waals surface area contributed by atoms with Crippen LogP contribution >= 0.6 is 23.2 Å². The van der Waals surface area contributed by atoms with E-state index in [1.165, 1.54) is 0 Å². The Kier molecular flexibility index (Phi) is 6.77. The van der Waals surface area contributed by atoms with Crippen LogP contribution in [0.3, 0.4) is 0 Å². The Balaban J connectivity index is 1.70. The number of halogens is 2. The highest BCUT2D eigenvalue weighted by atomic mass is 35.5. The molecule has 4 atom stereocenters. The third kappa shape index (κ3) is 4.75. The molecule has 150 valence electrons. The topological polar surface area (TPSA) is 108 Å². The molecule has 0 aliphatic carbocycles. The Hall–Kier alpha value is -1.87. The lowest BCUT2D eigenvalue weighted by atomic mass is 10.1. The van der Waals surface area contributed by atoms with Gasteiger partial charge in [0.05, 0.1) is 28.8 Å². The fourth-order valence-electron chi connectivity index (χ4n) is 2.76.